The normalized spacial score (nSPS) is 12.4. The van der Waals surface area contributed by atoms with Crippen molar-refractivity contribution in [1.82, 2.24) is 0 Å². The number of hydrogen-bond donors (Lipinski definition) is 1. The molecular formula is C35H35NO4S. The standard InChI is InChI=1S/C33H29NO4S.C2H6/c1-36-26-13-7-22(8-14-26)19-34(39)31-18-32-29(17-28(31)24-9-10-24)30(20-35)33(38-32)25-11-15-27(16-12-25)37-21-23-5-3-2-4-6-23;1-2/h2-8,11-18,20,24,39H,9-10,19,21H2,1H3;1-2H3. The number of aldehydes is 1. The lowest BCUT2D eigenvalue weighted by molar-refractivity contribution is 0.112. The third-order valence-corrected chi connectivity index (χ3v) is 7.50. The van der Waals surface area contributed by atoms with Gasteiger partial charge in [0, 0.05) is 17.0 Å². The lowest BCUT2D eigenvalue weighted by Crippen LogP contribution is -2.12. The molecule has 6 rings (SSSR count). The Bertz CT molecular complexity index is 1590. The molecule has 5 nitrogen and oxygen atoms in total. The summed E-state index contributed by atoms with van der Waals surface area (Å²) in [5, 5.41) is 0.834. The Morgan fingerprint density at radius 3 is 2.22 bits per heavy atom. The topological polar surface area (TPSA) is 51.9 Å². The van der Waals surface area contributed by atoms with Crippen molar-refractivity contribution in [3.05, 3.63) is 113 Å². The smallest absolute Gasteiger partial charge is 0.154 e. The average Bonchev–Trinajstić information content (AvgIpc) is 3.82. The molecule has 0 atom stereocenters. The van der Waals surface area contributed by atoms with Crippen LogP contribution in [0.5, 0.6) is 11.5 Å². The zero-order valence-corrected chi connectivity index (χ0v) is 24.6. The van der Waals surface area contributed by atoms with Crippen LogP contribution in [0.2, 0.25) is 0 Å². The summed E-state index contributed by atoms with van der Waals surface area (Å²) in [5.74, 6) is 2.61. The maximum atomic E-state index is 12.3. The lowest BCUT2D eigenvalue weighted by Gasteiger charge is -2.21. The Morgan fingerprint density at radius 2 is 1.59 bits per heavy atom. The highest BCUT2D eigenvalue weighted by molar-refractivity contribution is 7.81. The molecule has 1 saturated carbocycles. The van der Waals surface area contributed by atoms with Gasteiger partial charge in [-0.2, -0.15) is 0 Å². The monoisotopic (exact) mass is 565 g/mol. The van der Waals surface area contributed by atoms with Crippen LogP contribution in [0.25, 0.3) is 22.3 Å². The Morgan fingerprint density at radius 1 is 0.902 bits per heavy atom. The molecule has 1 aliphatic carbocycles. The third-order valence-electron chi connectivity index (χ3n) is 7.15. The van der Waals surface area contributed by atoms with E-state index < -0.39 is 0 Å². The molecule has 0 amide bonds. The second kappa shape index (κ2) is 13.0. The minimum absolute atomic E-state index is 0.466. The molecule has 1 aliphatic rings. The fourth-order valence-corrected chi connectivity index (χ4v) is 5.21. The van der Waals surface area contributed by atoms with Gasteiger partial charge >= 0.3 is 0 Å². The Balaban J connectivity index is 0.00000165. The van der Waals surface area contributed by atoms with Crippen molar-refractivity contribution < 1.29 is 18.7 Å². The van der Waals surface area contributed by atoms with Crippen molar-refractivity contribution in [1.29, 1.82) is 0 Å². The predicted octanol–water partition coefficient (Wildman–Crippen LogP) is 9.25. The SMILES string of the molecule is CC.COc1ccc(CN(S)c2cc3oc(-c4ccc(OCc5ccccc5)cc4)c(C=O)c3cc2C2CC2)cc1. The molecule has 1 aromatic heterocycles. The minimum atomic E-state index is 0.466. The number of benzene rings is 4. The molecule has 6 heteroatoms. The van der Waals surface area contributed by atoms with Crippen LogP contribution in [0.15, 0.2) is 95.4 Å². The van der Waals surface area contributed by atoms with Crippen molar-refractivity contribution in [2.45, 2.75) is 45.8 Å². The molecular weight excluding hydrogens is 530 g/mol. The van der Waals surface area contributed by atoms with Crippen LogP contribution in [0.3, 0.4) is 0 Å². The van der Waals surface area contributed by atoms with E-state index in [-0.39, 0.29) is 0 Å². The quantitative estimate of drug-likeness (QED) is 0.135. The van der Waals surface area contributed by atoms with Gasteiger partial charge in [-0.15, -0.1) is 0 Å². The number of hydrogen-bond acceptors (Lipinski definition) is 6. The molecule has 1 heterocycles. The van der Waals surface area contributed by atoms with E-state index in [2.05, 4.69) is 6.07 Å². The number of fused-ring (bicyclic) bond motifs is 1. The van der Waals surface area contributed by atoms with Gasteiger partial charge in [0.25, 0.3) is 0 Å². The molecule has 1 fully saturated rings. The van der Waals surface area contributed by atoms with Gasteiger partial charge in [0.1, 0.15) is 29.4 Å². The molecule has 0 radical (unpaired) electrons. The zero-order valence-electron chi connectivity index (χ0n) is 23.7. The predicted molar refractivity (Wildman–Crippen MR) is 169 cm³/mol. The summed E-state index contributed by atoms with van der Waals surface area (Å²) in [6.07, 6.45) is 3.16. The first-order valence-electron chi connectivity index (χ1n) is 14.0. The summed E-state index contributed by atoms with van der Waals surface area (Å²) in [6, 6.07) is 29.9. The highest BCUT2D eigenvalue weighted by Gasteiger charge is 2.29. The Labute approximate surface area is 247 Å². The molecule has 4 aromatic carbocycles. The highest BCUT2D eigenvalue weighted by Crippen LogP contribution is 2.48. The molecule has 210 valence electrons. The van der Waals surface area contributed by atoms with E-state index in [9.17, 15) is 4.79 Å². The minimum Gasteiger partial charge on any atom is -0.497 e. The molecule has 0 N–H and O–H groups in total. The lowest BCUT2D eigenvalue weighted by atomic mass is 10.0. The fraction of sp³-hybridized carbons (Fsp3) is 0.229. The second-order valence-electron chi connectivity index (χ2n) is 9.85. The van der Waals surface area contributed by atoms with Crippen LogP contribution in [0, 0.1) is 0 Å². The first kappa shape index (κ1) is 28.4. The van der Waals surface area contributed by atoms with E-state index in [4.69, 9.17) is 26.7 Å². The van der Waals surface area contributed by atoms with Crippen LogP contribution >= 0.6 is 12.8 Å². The van der Waals surface area contributed by atoms with Gasteiger partial charge in [-0.05, 0) is 77.9 Å². The molecule has 0 bridgehead atoms. The molecule has 0 aliphatic heterocycles. The van der Waals surface area contributed by atoms with Gasteiger partial charge in [-0.25, -0.2) is 0 Å². The van der Waals surface area contributed by atoms with Gasteiger partial charge < -0.3 is 18.2 Å². The van der Waals surface area contributed by atoms with Gasteiger partial charge in [-0.3, -0.25) is 4.79 Å². The highest BCUT2D eigenvalue weighted by atomic mass is 32.1. The summed E-state index contributed by atoms with van der Waals surface area (Å²) in [6.45, 7) is 5.12. The number of methoxy groups -OCH3 is 1. The van der Waals surface area contributed by atoms with Crippen molar-refractivity contribution in [2.24, 2.45) is 0 Å². The van der Waals surface area contributed by atoms with Gasteiger partial charge in [0.15, 0.2) is 6.29 Å². The summed E-state index contributed by atoms with van der Waals surface area (Å²) >= 11 is 4.86. The maximum Gasteiger partial charge on any atom is 0.154 e. The third kappa shape index (κ3) is 6.44. The van der Waals surface area contributed by atoms with Crippen LogP contribution in [-0.2, 0) is 13.2 Å². The molecule has 0 saturated heterocycles. The van der Waals surface area contributed by atoms with E-state index in [0.29, 0.717) is 36.0 Å². The first-order chi connectivity index (χ1) is 20.1. The van der Waals surface area contributed by atoms with E-state index in [1.54, 1.807) is 7.11 Å². The molecule has 41 heavy (non-hydrogen) atoms. The van der Waals surface area contributed by atoms with E-state index in [1.165, 1.54) is 5.56 Å². The number of carbonyl (C=O) groups is 1. The van der Waals surface area contributed by atoms with Crippen molar-refractivity contribution in [3.8, 4) is 22.8 Å². The van der Waals surface area contributed by atoms with E-state index in [0.717, 1.165) is 58.4 Å². The zero-order chi connectivity index (χ0) is 28.8. The van der Waals surface area contributed by atoms with Crippen molar-refractivity contribution in [3.63, 3.8) is 0 Å². The molecule has 5 aromatic rings. The summed E-state index contributed by atoms with van der Waals surface area (Å²) in [7, 11) is 1.66. The van der Waals surface area contributed by atoms with Crippen molar-refractivity contribution >= 4 is 35.8 Å². The van der Waals surface area contributed by atoms with Crippen LogP contribution in [-0.4, -0.2) is 13.4 Å². The van der Waals surface area contributed by atoms with Crippen LogP contribution in [0.4, 0.5) is 5.69 Å². The molecule has 0 unspecified atom stereocenters. The number of furan rings is 1. The summed E-state index contributed by atoms with van der Waals surface area (Å²) < 4.78 is 19.5. The average molecular weight is 566 g/mol. The van der Waals surface area contributed by atoms with E-state index in [1.807, 2.05) is 103 Å². The summed E-state index contributed by atoms with van der Waals surface area (Å²) in [4.78, 5) is 12.3. The summed E-state index contributed by atoms with van der Waals surface area (Å²) in [5.41, 5.74) is 6.50. The number of anilines is 1. The largest absolute Gasteiger partial charge is 0.497 e. The van der Waals surface area contributed by atoms with Crippen LogP contribution < -0.4 is 13.8 Å². The number of thiol groups is 1. The Kier molecular flexibility index (Phi) is 9.00. The fourth-order valence-electron chi connectivity index (χ4n) is 4.88. The number of carbonyl (C=O) groups excluding carboxylic acids is 1. The molecule has 0 spiro atoms. The van der Waals surface area contributed by atoms with Crippen molar-refractivity contribution in [2.75, 3.05) is 11.4 Å². The second-order valence-corrected chi connectivity index (χ2v) is 10.3. The number of nitrogens with zero attached hydrogens (tertiary/aromatic N) is 1. The number of ether oxygens (including phenoxy) is 2. The van der Waals surface area contributed by atoms with Gasteiger partial charge in [0.2, 0.25) is 0 Å². The van der Waals surface area contributed by atoms with Gasteiger partial charge in [0.05, 0.1) is 24.9 Å². The Hall–Kier alpha value is -4.16. The van der Waals surface area contributed by atoms with Crippen LogP contribution in [0.1, 0.15) is 59.7 Å². The number of rotatable bonds is 10. The van der Waals surface area contributed by atoms with E-state index >= 15 is 0 Å². The first-order valence-corrected chi connectivity index (χ1v) is 14.4. The van der Waals surface area contributed by atoms with Gasteiger partial charge in [-0.1, -0.05) is 69.1 Å². The maximum absolute atomic E-state index is 12.3.